The van der Waals surface area contributed by atoms with Crippen LogP contribution in [0, 0.1) is 6.92 Å². The lowest BCUT2D eigenvalue weighted by Gasteiger charge is -2.02. The Morgan fingerprint density at radius 2 is 1.73 bits per heavy atom. The number of benzene rings is 1. The van der Waals surface area contributed by atoms with Crippen molar-refractivity contribution in [3.05, 3.63) is 34.9 Å². The Balaban J connectivity index is 0.000000921. The van der Waals surface area contributed by atoms with Crippen molar-refractivity contribution in [1.29, 1.82) is 0 Å². The molecule has 0 radical (unpaired) electrons. The van der Waals surface area contributed by atoms with Gasteiger partial charge in [0.25, 0.3) is 0 Å². The van der Waals surface area contributed by atoms with Gasteiger partial charge in [-0.15, -0.1) is 0 Å². The Bertz CT molecular complexity index is 370. The Labute approximate surface area is 90.3 Å². The number of ketones is 1. The summed E-state index contributed by atoms with van der Waals surface area (Å²) in [5.41, 5.74) is 6.92. The zero-order valence-electron chi connectivity index (χ0n) is 9.63. The summed E-state index contributed by atoms with van der Waals surface area (Å²) in [5, 5.41) is 0. The molecule has 0 heterocycles. The third kappa shape index (κ3) is 3.54. The van der Waals surface area contributed by atoms with Crippen LogP contribution < -0.4 is 5.73 Å². The molecular weight excluding hydrogens is 190 g/mol. The maximum absolute atomic E-state index is 11.0. The van der Waals surface area contributed by atoms with Crippen molar-refractivity contribution >= 4 is 11.7 Å². The minimum Gasteiger partial charge on any atom is -0.366 e. The highest BCUT2D eigenvalue weighted by Crippen LogP contribution is 2.10. The van der Waals surface area contributed by atoms with Gasteiger partial charge in [0.15, 0.2) is 5.78 Å². The highest BCUT2D eigenvalue weighted by atomic mass is 16.1. The maximum Gasteiger partial charge on any atom is 0.248 e. The number of Topliss-reactive ketones (excluding diaryl/α,β-unsaturated/α-hetero) is 1. The molecule has 0 atom stereocenters. The summed E-state index contributed by atoms with van der Waals surface area (Å²) in [6.07, 6.45) is 0. The fourth-order valence-corrected chi connectivity index (χ4v) is 1.16. The normalized spacial score (nSPS) is 8.80. The topological polar surface area (TPSA) is 60.2 Å². The fraction of sp³-hybridized carbons (Fsp3) is 0.333. The lowest BCUT2D eigenvalue weighted by Crippen LogP contribution is -2.13. The molecule has 0 unspecified atom stereocenters. The monoisotopic (exact) mass is 207 g/mol. The molecule has 0 aliphatic rings. The van der Waals surface area contributed by atoms with Crippen LogP contribution in [0.3, 0.4) is 0 Å². The molecule has 0 bridgehead atoms. The van der Waals surface area contributed by atoms with Gasteiger partial charge in [-0.2, -0.15) is 0 Å². The molecule has 0 aliphatic carbocycles. The van der Waals surface area contributed by atoms with Gasteiger partial charge in [-0.05, 0) is 31.5 Å². The molecule has 0 aliphatic heterocycles. The van der Waals surface area contributed by atoms with E-state index in [9.17, 15) is 9.59 Å². The van der Waals surface area contributed by atoms with E-state index in [0.717, 1.165) is 5.56 Å². The lowest BCUT2D eigenvalue weighted by molar-refractivity contribution is 0.0992. The Morgan fingerprint density at radius 3 is 2.07 bits per heavy atom. The molecule has 1 amide bonds. The van der Waals surface area contributed by atoms with E-state index in [-0.39, 0.29) is 5.78 Å². The molecule has 15 heavy (non-hydrogen) atoms. The predicted molar refractivity (Wildman–Crippen MR) is 61.0 cm³/mol. The Hall–Kier alpha value is -1.64. The second-order valence-electron chi connectivity index (χ2n) is 2.95. The summed E-state index contributed by atoms with van der Waals surface area (Å²) in [5.74, 6) is -0.480. The van der Waals surface area contributed by atoms with E-state index in [4.69, 9.17) is 5.73 Å². The van der Waals surface area contributed by atoms with Gasteiger partial charge in [-0.1, -0.05) is 19.9 Å². The molecule has 0 aromatic heterocycles. The first-order chi connectivity index (χ1) is 7.02. The van der Waals surface area contributed by atoms with Crippen molar-refractivity contribution < 1.29 is 9.59 Å². The van der Waals surface area contributed by atoms with Gasteiger partial charge in [-0.3, -0.25) is 9.59 Å². The molecule has 1 aromatic rings. The molecule has 1 rings (SSSR count). The molecule has 3 heteroatoms. The van der Waals surface area contributed by atoms with Crippen LogP contribution in [0.15, 0.2) is 18.2 Å². The van der Waals surface area contributed by atoms with Crippen molar-refractivity contribution in [3.8, 4) is 0 Å². The van der Waals surface area contributed by atoms with Crippen molar-refractivity contribution in [2.24, 2.45) is 5.73 Å². The smallest absolute Gasteiger partial charge is 0.248 e. The van der Waals surface area contributed by atoms with Crippen molar-refractivity contribution in [2.45, 2.75) is 27.7 Å². The van der Waals surface area contributed by atoms with Gasteiger partial charge >= 0.3 is 0 Å². The van der Waals surface area contributed by atoms with Crippen molar-refractivity contribution in [2.75, 3.05) is 0 Å². The summed E-state index contributed by atoms with van der Waals surface area (Å²) in [6.45, 7) is 7.24. The summed E-state index contributed by atoms with van der Waals surface area (Å²) < 4.78 is 0. The summed E-state index contributed by atoms with van der Waals surface area (Å²) in [6, 6.07) is 4.85. The zero-order valence-corrected chi connectivity index (χ0v) is 9.63. The summed E-state index contributed by atoms with van der Waals surface area (Å²) in [7, 11) is 0. The Morgan fingerprint density at radius 1 is 1.20 bits per heavy atom. The molecule has 0 spiro atoms. The first-order valence-corrected chi connectivity index (χ1v) is 4.93. The van der Waals surface area contributed by atoms with Gasteiger partial charge < -0.3 is 5.73 Å². The minimum atomic E-state index is -0.465. The standard InChI is InChI=1S/C10H11NO2.C2H6/c1-6-5-8(7(2)12)3-4-9(6)10(11)13;1-2/h3-5H,1-2H3,(H2,11,13);1-2H3. The van der Waals surface area contributed by atoms with E-state index in [1.54, 1.807) is 25.1 Å². The Kier molecular flexibility index (Phi) is 5.31. The molecule has 0 saturated carbocycles. The van der Waals surface area contributed by atoms with Crippen LogP contribution in [0.4, 0.5) is 0 Å². The number of carbonyl (C=O) groups excluding carboxylic acids is 2. The number of carbonyl (C=O) groups is 2. The number of primary amides is 1. The minimum absolute atomic E-state index is 0.0147. The number of aryl methyl sites for hydroxylation is 1. The average molecular weight is 207 g/mol. The van der Waals surface area contributed by atoms with E-state index >= 15 is 0 Å². The second kappa shape index (κ2) is 5.96. The largest absolute Gasteiger partial charge is 0.366 e. The van der Waals surface area contributed by atoms with E-state index in [1.807, 2.05) is 13.8 Å². The average Bonchev–Trinajstić information content (AvgIpc) is 2.20. The molecule has 1 aromatic carbocycles. The van der Waals surface area contributed by atoms with Gasteiger partial charge in [-0.25, -0.2) is 0 Å². The summed E-state index contributed by atoms with van der Waals surface area (Å²) >= 11 is 0. The van der Waals surface area contributed by atoms with Crippen LogP contribution in [0.25, 0.3) is 0 Å². The number of amides is 1. The third-order valence-electron chi connectivity index (χ3n) is 1.90. The fourth-order valence-electron chi connectivity index (χ4n) is 1.16. The third-order valence-corrected chi connectivity index (χ3v) is 1.90. The van der Waals surface area contributed by atoms with Gasteiger partial charge in [0.1, 0.15) is 0 Å². The van der Waals surface area contributed by atoms with E-state index in [0.29, 0.717) is 11.1 Å². The zero-order chi connectivity index (χ0) is 12.0. The van der Waals surface area contributed by atoms with Crippen LogP contribution in [0.1, 0.15) is 47.1 Å². The quantitative estimate of drug-likeness (QED) is 0.756. The van der Waals surface area contributed by atoms with Crippen LogP contribution in [-0.4, -0.2) is 11.7 Å². The number of hydrogen-bond donors (Lipinski definition) is 1. The van der Waals surface area contributed by atoms with Gasteiger partial charge in [0.05, 0.1) is 0 Å². The number of rotatable bonds is 2. The molecular formula is C12H17NO2. The highest BCUT2D eigenvalue weighted by molar-refractivity contribution is 5.98. The second-order valence-corrected chi connectivity index (χ2v) is 2.95. The van der Waals surface area contributed by atoms with E-state index < -0.39 is 5.91 Å². The van der Waals surface area contributed by atoms with E-state index in [1.165, 1.54) is 6.92 Å². The van der Waals surface area contributed by atoms with Crippen LogP contribution in [-0.2, 0) is 0 Å². The van der Waals surface area contributed by atoms with Crippen LogP contribution >= 0.6 is 0 Å². The summed E-state index contributed by atoms with van der Waals surface area (Å²) in [4.78, 5) is 21.8. The SMILES string of the molecule is CC.CC(=O)c1ccc(C(N)=O)c(C)c1. The van der Waals surface area contributed by atoms with Crippen LogP contribution in [0.5, 0.6) is 0 Å². The molecule has 3 nitrogen and oxygen atoms in total. The lowest BCUT2D eigenvalue weighted by atomic mass is 10.0. The van der Waals surface area contributed by atoms with Crippen molar-refractivity contribution in [1.82, 2.24) is 0 Å². The molecule has 82 valence electrons. The van der Waals surface area contributed by atoms with Crippen molar-refractivity contribution in [3.63, 3.8) is 0 Å². The maximum atomic E-state index is 11.0. The van der Waals surface area contributed by atoms with Gasteiger partial charge in [0.2, 0.25) is 5.91 Å². The first-order valence-electron chi connectivity index (χ1n) is 4.93. The molecule has 2 N–H and O–H groups in total. The molecule has 0 fully saturated rings. The predicted octanol–water partition coefficient (Wildman–Crippen LogP) is 2.32. The first kappa shape index (κ1) is 13.4. The molecule has 0 saturated heterocycles. The van der Waals surface area contributed by atoms with E-state index in [2.05, 4.69) is 0 Å². The number of hydrogen-bond acceptors (Lipinski definition) is 2. The highest BCUT2D eigenvalue weighted by Gasteiger charge is 2.06. The van der Waals surface area contributed by atoms with Crippen LogP contribution in [0.2, 0.25) is 0 Å². The van der Waals surface area contributed by atoms with Gasteiger partial charge in [0, 0.05) is 11.1 Å². The number of nitrogens with two attached hydrogens (primary N) is 1.